The van der Waals surface area contributed by atoms with Crippen LogP contribution in [0, 0.1) is 0 Å². The Bertz CT molecular complexity index is 536. The van der Waals surface area contributed by atoms with Gasteiger partial charge in [0.2, 0.25) is 0 Å². The molecule has 1 atom stereocenters. The standard InChI is InChI=1S/C12H14ClN4/c1-17-6-5-14-10(7-17)12-15-9-4-2-3-8(13)11(9)16-12/h2-4,10H,5-7H2,1H3,(H,15,16). The van der Waals surface area contributed by atoms with Crippen LogP contribution in [-0.2, 0) is 0 Å². The summed E-state index contributed by atoms with van der Waals surface area (Å²) in [6, 6.07) is 5.91. The molecule has 2 aromatic rings. The Labute approximate surface area is 105 Å². The number of H-pyrrole nitrogens is 1. The van der Waals surface area contributed by atoms with Crippen molar-refractivity contribution < 1.29 is 0 Å². The summed E-state index contributed by atoms with van der Waals surface area (Å²) >= 11 is 6.11. The number of halogens is 1. The molecule has 0 amide bonds. The average Bonchev–Trinajstić information content (AvgIpc) is 2.74. The van der Waals surface area contributed by atoms with Crippen molar-refractivity contribution in [3.05, 3.63) is 29.0 Å². The van der Waals surface area contributed by atoms with E-state index in [1.807, 2.05) is 18.2 Å². The number of hydrogen-bond donors (Lipinski definition) is 1. The van der Waals surface area contributed by atoms with Gasteiger partial charge in [-0.05, 0) is 19.2 Å². The van der Waals surface area contributed by atoms with Gasteiger partial charge in [0.25, 0.3) is 0 Å². The first-order valence-electron chi connectivity index (χ1n) is 5.73. The van der Waals surface area contributed by atoms with Gasteiger partial charge >= 0.3 is 0 Å². The van der Waals surface area contributed by atoms with Crippen LogP contribution >= 0.6 is 11.6 Å². The van der Waals surface area contributed by atoms with Gasteiger partial charge in [-0.3, -0.25) is 0 Å². The van der Waals surface area contributed by atoms with Crippen LogP contribution in [-0.4, -0.2) is 41.5 Å². The largest absolute Gasteiger partial charge is 0.341 e. The third-order valence-electron chi connectivity index (χ3n) is 3.11. The fourth-order valence-corrected chi connectivity index (χ4v) is 2.39. The average molecular weight is 250 g/mol. The lowest BCUT2D eigenvalue weighted by Crippen LogP contribution is -2.40. The second kappa shape index (κ2) is 4.29. The molecule has 1 N–H and O–H groups in total. The van der Waals surface area contributed by atoms with Crippen LogP contribution in [0.25, 0.3) is 11.0 Å². The summed E-state index contributed by atoms with van der Waals surface area (Å²) in [7, 11) is 2.11. The summed E-state index contributed by atoms with van der Waals surface area (Å²) in [4.78, 5) is 10.1. The Morgan fingerprint density at radius 1 is 1.47 bits per heavy atom. The number of aromatic nitrogens is 2. The highest BCUT2D eigenvalue weighted by Gasteiger charge is 2.22. The van der Waals surface area contributed by atoms with Gasteiger partial charge < -0.3 is 9.88 Å². The lowest BCUT2D eigenvalue weighted by atomic mass is 10.2. The number of para-hydroxylation sites is 1. The number of nitrogens with one attached hydrogen (secondary N) is 1. The van der Waals surface area contributed by atoms with E-state index < -0.39 is 0 Å². The molecule has 0 spiro atoms. The number of rotatable bonds is 1. The van der Waals surface area contributed by atoms with Gasteiger partial charge in [-0.2, -0.15) is 0 Å². The van der Waals surface area contributed by atoms with Gasteiger partial charge in [0.05, 0.1) is 16.6 Å². The Hall–Kier alpha value is -1.10. The first-order chi connectivity index (χ1) is 8.24. The molecule has 0 bridgehead atoms. The number of aromatic amines is 1. The van der Waals surface area contributed by atoms with E-state index >= 15 is 0 Å². The van der Waals surface area contributed by atoms with Crippen molar-refractivity contribution in [3.8, 4) is 0 Å². The van der Waals surface area contributed by atoms with E-state index in [0.29, 0.717) is 5.02 Å². The van der Waals surface area contributed by atoms with Gasteiger partial charge in [-0.1, -0.05) is 17.7 Å². The van der Waals surface area contributed by atoms with Crippen LogP contribution in [0.4, 0.5) is 0 Å². The molecule has 0 saturated carbocycles. The highest BCUT2D eigenvalue weighted by molar-refractivity contribution is 6.34. The van der Waals surface area contributed by atoms with Crippen molar-refractivity contribution in [3.63, 3.8) is 0 Å². The maximum Gasteiger partial charge on any atom is 0.127 e. The van der Waals surface area contributed by atoms with Crippen LogP contribution < -0.4 is 5.32 Å². The third kappa shape index (κ3) is 2.04. The molecular weight excluding hydrogens is 236 g/mol. The minimum Gasteiger partial charge on any atom is -0.341 e. The summed E-state index contributed by atoms with van der Waals surface area (Å²) in [5.41, 5.74) is 1.82. The molecular formula is C12H14ClN4. The molecule has 0 aliphatic carbocycles. The number of imidazole rings is 1. The van der Waals surface area contributed by atoms with Crippen LogP contribution in [0.5, 0.6) is 0 Å². The highest BCUT2D eigenvalue weighted by atomic mass is 35.5. The van der Waals surface area contributed by atoms with Crippen molar-refractivity contribution in [1.29, 1.82) is 0 Å². The number of benzene rings is 1. The smallest absolute Gasteiger partial charge is 0.127 e. The third-order valence-corrected chi connectivity index (χ3v) is 3.42. The zero-order chi connectivity index (χ0) is 11.8. The number of hydrogen-bond acceptors (Lipinski definition) is 2. The van der Waals surface area contributed by atoms with Crippen molar-refractivity contribution in [2.24, 2.45) is 0 Å². The van der Waals surface area contributed by atoms with Gasteiger partial charge in [0, 0.05) is 19.6 Å². The first-order valence-corrected chi connectivity index (χ1v) is 6.11. The Morgan fingerprint density at radius 3 is 3.12 bits per heavy atom. The zero-order valence-electron chi connectivity index (χ0n) is 9.65. The summed E-state index contributed by atoms with van der Waals surface area (Å²) in [6.07, 6.45) is 0. The number of piperazine rings is 1. The van der Waals surface area contributed by atoms with Crippen LogP contribution in [0.1, 0.15) is 11.9 Å². The van der Waals surface area contributed by atoms with Crippen molar-refractivity contribution in [2.75, 3.05) is 26.7 Å². The van der Waals surface area contributed by atoms with E-state index in [-0.39, 0.29) is 6.04 Å². The summed E-state index contributed by atoms with van der Waals surface area (Å²) in [5, 5.41) is 5.29. The van der Waals surface area contributed by atoms with E-state index in [0.717, 1.165) is 36.5 Å². The van der Waals surface area contributed by atoms with Gasteiger partial charge in [-0.15, -0.1) is 0 Å². The predicted octanol–water partition coefficient (Wildman–Crippen LogP) is 1.81. The molecule has 1 aliphatic heterocycles. The molecule has 89 valence electrons. The number of nitrogens with zero attached hydrogens (tertiary/aromatic N) is 3. The minimum absolute atomic E-state index is 0.136. The molecule has 1 saturated heterocycles. The Morgan fingerprint density at radius 2 is 2.35 bits per heavy atom. The SMILES string of the molecule is CN1CC[N]C(c2nc3c(Cl)cccc3[nH]2)C1. The molecule has 1 unspecified atom stereocenters. The van der Waals surface area contributed by atoms with Crippen LogP contribution in [0.3, 0.4) is 0 Å². The highest BCUT2D eigenvalue weighted by Crippen LogP contribution is 2.24. The van der Waals surface area contributed by atoms with Crippen molar-refractivity contribution >= 4 is 22.6 Å². The number of likely N-dealkylation sites (N-methyl/N-ethyl adjacent to an activating group) is 1. The summed E-state index contributed by atoms with van der Waals surface area (Å²) in [6.45, 7) is 2.81. The van der Waals surface area contributed by atoms with E-state index in [1.165, 1.54) is 0 Å². The normalized spacial score (nSPS) is 22.1. The fraction of sp³-hybridized carbons (Fsp3) is 0.417. The molecule has 4 nitrogen and oxygen atoms in total. The molecule has 3 rings (SSSR count). The maximum atomic E-state index is 6.11. The van der Waals surface area contributed by atoms with E-state index in [2.05, 4.69) is 27.2 Å². The fourth-order valence-electron chi connectivity index (χ4n) is 2.18. The molecule has 1 aliphatic rings. The lowest BCUT2D eigenvalue weighted by molar-refractivity contribution is 0.232. The van der Waals surface area contributed by atoms with Gasteiger partial charge in [-0.25, -0.2) is 10.3 Å². The van der Waals surface area contributed by atoms with E-state index in [1.54, 1.807) is 0 Å². The summed E-state index contributed by atoms with van der Waals surface area (Å²) < 4.78 is 0. The molecule has 2 heterocycles. The maximum absolute atomic E-state index is 6.11. The number of fused-ring (bicyclic) bond motifs is 1. The Kier molecular flexibility index (Phi) is 2.78. The monoisotopic (exact) mass is 249 g/mol. The molecule has 1 radical (unpaired) electrons. The van der Waals surface area contributed by atoms with Gasteiger partial charge in [0.15, 0.2) is 0 Å². The van der Waals surface area contributed by atoms with Crippen LogP contribution in [0.2, 0.25) is 5.02 Å². The quantitative estimate of drug-likeness (QED) is 0.838. The van der Waals surface area contributed by atoms with Crippen molar-refractivity contribution in [2.45, 2.75) is 6.04 Å². The minimum atomic E-state index is 0.136. The topological polar surface area (TPSA) is 46.0 Å². The summed E-state index contributed by atoms with van der Waals surface area (Å²) in [5.74, 6) is 0.916. The van der Waals surface area contributed by atoms with Crippen molar-refractivity contribution in [1.82, 2.24) is 20.2 Å². The molecule has 5 heteroatoms. The zero-order valence-corrected chi connectivity index (χ0v) is 10.4. The second-order valence-corrected chi connectivity index (χ2v) is 4.85. The molecule has 1 fully saturated rings. The lowest BCUT2D eigenvalue weighted by Gasteiger charge is -2.28. The molecule has 1 aromatic heterocycles. The molecule has 17 heavy (non-hydrogen) atoms. The second-order valence-electron chi connectivity index (χ2n) is 4.44. The predicted molar refractivity (Wildman–Crippen MR) is 68.3 cm³/mol. The van der Waals surface area contributed by atoms with Crippen LogP contribution in [0.15, 0.2) is 18.2 Å². The molecule has 1 aromatic carbocycles. The van der Waals surface area contributed by atoms with E-state index in [4.69, 9.17) is 11.6 Å². The van der Waals surface area contributed by atoms with Gasteiger partial charge in [0.1, 0.15) is 11.3 Å². The van der Waals surface area contributed by atoms with E-state index in [9.17, 15) is 0 Å². The Balaban J connectivity index is 1.97. The first kappa shape index (κ1) is 11.0.